The number of thioether (sulfide) groups is 1. The molecule has 1 aromatic heterocycles. The molecule has 7 heteroatoms. The molecule has 3 rings (SSSR count). The summed E-state index contributed by atoms with van der Waals surface area (Å²) in [6, 6.07) is 9.92. The fraction of sp³-hybridized carbons (Fsp3) is 0.421. The Morgan fingerprint density at radius 1 is 1.27 bits per heavy atom. The van der Waals surface area contributed by atoms with Gasteiger partial charge in [-0.15, -0.1) is 23.1 Å². The quantitative estimate of drug-likeness (QED) is 0.683. The van der Waals surface area contributed by atoms with E-state index < -0.39 is 9.84 Å². The summed E-state index contributed by atoms with van der Waals surface area (Å²) in [6.07, 6.45) is 0.535. The van der Waals surface area contributed by atoms with Crippen molar-refractivity contribution in [3.63, 3.8) is 0 Å². The van der Waals surface area contributed by atoms with Crippen LogP contribution in [0.5, 0.6) is 0 Å². The van der Waals surface area contributed by atoms with Crippen molar-refractivity contribution in [3.8, 4) is 0 Å². The molecular formula is C19H23NO3S3. The van der Waals surface area contributed by atoms with Crippen molar-refractivity contribution in [1.82, 2.24) is 4.90 Å². The van der Waals surface area contributed by atoms with Crippen LogP contribution in [0.25, 0.3) is 0 Å². The number of thiophene rings is 1. The molecule has 0 aliphatic carbocycles. The van der Waals surface area contributed by atoms with E-state index in [0.717, 1.165) is 9.77 Å². The van der Waals surface area contributed by atoms with E-state index in [9.17, 15) is 13.2 Å². The predicted octanol–water partition coefficient (Wildman–Crippen LogP) is 3.67. The molecule has 2 heterocycles. The Hall–Kier alpha value is -1.31. The third kappa shape index (κ3) is 4.90. The largest absolute Gasteiger partial charge is 0.333 e. The molecule has 0 saturated carbocycles. The third-order valence-corrected chi connectivity index (χ3v) is 8.31. The van der Waals surface area contributed by atoms with E-state index in [1.807, 2.05) is 23.6 Å². The van der Waals surface area contributed by atoms with E-state index in [-0.39, 0.29) is 23.5 Å². The highest BCUT2D eigenvalue weighted by Crippen LogP contribution is 2.25. The minimum Gasteiger partial charge on any atom is -0.333 e. The smallest absolute Gasteiger partial charge is 0.233 e. The van der Waals surface area contributed by atoms with Gasteiger partial charge in [0.25, 0.3) is 0 Å². The highest BCUT2D eigenvalue weighted by Gasteiger charge is 2.34. The van der Waals surface area contributed by atoms with Gasteiger partial charge in [-0.05, 0) is 55.0 Å². The predicted molar refractivity (Wildman–Crippen MR) is 109 cm³/mol. The Balaban J connectivity index is 1.70. The van der Waals surface area contributed by atoms with Crippen molar-refractivity contribution in [2.75, 3.05) is 17.3 Å². The van der Waals surface area contributed by atoms with Crippen molar-refractivity contribution in [1.29, 1.82) is 0 Å². The SMILES string of the molecule is Cc1ccc(SCC(=O)N(Cc2cccs2)C2CCS(=O)(=O)C2)cc1C. The van der Waals surface area contributed by atoms with E-state index in [2.05, 4.69) is 26.0 Å². The number of amides is 1. The summed E-state index contributed by atoms with van der Waals surface area (Å²) in [5, 5.41) is 1.98. The molecule has 0 bridgehead atoms. The zero-order valence-electron chi connectivity index (χ0n) is 15.0. The summed E-state index contributed by atoms with van der Waals surface area (Å²) in [7, 11) is -3.03. The second-order valence-corrected chi connectivity index (χ2v) is 11.0. The molecule has 1 aromatic carbocycles. The van der Waals surface area contributed by atoms with E-state index >= 15 is 0 Å². The van der Waals surface area contributed by atoms with E-state index in [1.165, 1.54) is 22.9 Å². The fourth-order valence-corrected chi connectivity index (χ4v) is 6.36. The summed E-state index contributed by atoms with van der Waals surface area (Å²) < 4.78 is 23.8. The number of carbonyl (C=O) groups is 1. The number of sulfone groups is 1. The number of aryl methyl sites for hydroxylation is 2. The van der Waals surface area contributed by atoms with Gasteiger partial charge in [-0.25, -0.2) is 8.42 Å². The third-order valence-electron chi connectivity index (χ3n) is 4.72. The standard InChI is InChI=1S/C19H23NO3S3/c1-14-5-6-17(10-15(14)2)25-12-19(21)20(11-18-4-3-8-24-18)16-7-9-26(22,23)13-16/h3-6,8,10,16H,7,9,11-13H2,1-2H3. The zero-order valence-corrected chi connectivity index (χ0v) is 17.4. The Bertz CT molecular complexity index is 875. The maximum absolute atomic E-state index is 12.9. The molecule has 0 radical (unpaired) electrons. The van der Waals surface area contributed by atoms with Crippen molar-refractivity contribution in [3.05, 3.63) is 51.7 Å². The lowest BCUT2D eigenvalue weighted by atomic mass is 10.1. The van der Waals surface area contributed by atoms with Gasteiger partial charge >= 0.3 is 0 Å². The summed E-state index contributed by atoms with van der Waals surface area (Å²) in [6.45, 7) is 4.62. The Morgan fingerprint density at radius 2 is 2.08 bits per heavy atom. The summed E-state index contributed by atoms with van der Waals surface area (Å²) >= 11 is 3.11. The van der Waals surface area contributed by atoms with Crippen LogP contribution < -0.4 is 0 Å². The summed E-state index contributed by atoms with van der Waals surface area (Å²) in [5.41, 5.74) is 2.44. The van der Waals surface area contributed by atoms with E-state index in [0.29, 0.717) is 18.7 Å². The molecule has 1 aliphatic heterocycles. The topological polar surface area (TPSA) is 54.5 Å². The lowest BCUT2D eigenvalue weighted by molar-refractivity contribution is -0.130. The lowest BCUT2D eigenvalue weighted by Gasteiger charge is -2.28. The van der Waals surface area contributed by atoms with Crippen LogP contribution >= 0.6 is 23.1 Å². The molecule has 26 heavy (non-hydrogen) atoms. The molecule has 1 amide bonds. The van der Waals surface area contributed by atoms with E-state index in [1.54, 1.807) is 16.2 Å². The second-order valence-electron chi connectivity index (χ2n) is 6.69. The van der Waals surface area contributed by atoms with Crippen molar-refractivity contribution < 1.29 is 13.2 Å². The number of carbonyl (C=O) groups excluding carboxylic acids is 1. The van der Waals surface area contributed by atoms with Crippen LogP contribution in [-0.2, 0) is 21.2 Å². The molecule has 0 spiro atoms. The zero-order chi connectivity index (χ0) is 18.7. The van der Waals surface area contributed by atoms with Crippen LogP contribution in [0.4, 0.5) is 0 Å². The van der Waals surface area contributed by atoms with Crippen LogP contribution in [-0.4, -0.2) is 42.5 Å². The maximum Gasteiger partial charge on any atom is 0.233 e. The van der Waals surface area contributed by atoms with Crippen LogP contribution in [0.15, 0.2) is 40.6 Å². The molecule has 2 aromatic rings. The normalized spacial score (nSPS) is 18.8. The van der Waals surface area contributed by atoms with Crippen LogP contribution in [0.1, 0.15) is 22.4 Å². The van der Waals surface area contributed by atoms with Gasteiger partial charge in [-0.3, -0.25) is 4.79 Å². The van der Waals surface area contributed by atoms with Gasteiger partial charge in [0.2, 0.25) is 5.91 Å². The number of hydrogen-bond acceptors (Lipinski definition) is 5. The fourth-order valence-electron chi connectivity index (χ4n) is 3.04. The van der Waals surface area contributed by atoms with Crippen molar-refractivity contribution in [2.24, 2.45) is 0 Å². The first-order valence-corrected chi connectivity index (χ1v) is 12.2. The van der Waals surface area contributed by atoms with Crippen LogP contribution in [0, 0.1) is 13.8 Å². The summed E-state index contributed by atoms with van der Waals surface area (Å²) in [5.74, 6) is 0.586. The van der Waals surface area contributed by atoms with Crippen LogP contribution in [0.2, 0.25) is 0 Å². The molecular weight excluding hydrogens is 386 g/mol. The van der Waals surface area contributed by atoms with Crippen molar-refractivity contribution in [2.45, 2.75) is 37.8 Å². The first-order valence-electron chi connectivity index (χ1n) is 8.56. The summed E-state index contributed by atoms with van der Waals surface area (Å²) in [4.78, 5) is 16.8. The molecule has 0 N–H and O–H groups in total. The average molecular weight is 410 g/mol. The molecule has 1 saturated heterocycles. The van der Waals surface area contributed by atoms with Crippen molar-refractivity contribution >= 4 is 38.8 Å². The second kappa shape index (κ2) is 8.15. The minimum atomic E-state index is -3.03. The van der Waals surface area contributed by atoms with Crippen LogP contribution in [0.3, 0.4) is 0 Å². The number of benzene rings is 1. The molecule has 1 unspecified atom stereocenters. The average Bonchev–Trinajstić information content (AvgIpc) is 3.22. The number of rotatable bonds is 6. The highest BCUT2D eigenvalue weighted by molar-refractivity contribution is 8.00. The number of nitrogens with zero attached hydrogens (tertiary/aromatic N) is 1. The first-order chi connectivity index (χ1) is 12.3. The Labute approximate surface area is 163 Å². The number of hydrogen-bond donors (Lipinski definition) is 0. The monoisotopic (exact) mass is 409 g/mol. The lowest BCUT2D eigenvalue weighted by Crippen LogP contribution is -2.41. The molecule has 1 aliphatic rings. The van der Waals surface area contributed by atoms with Gasteiger partial charge in [0.15, 0.2) is 9.84 Å². The maximum atomic E-state index is 12.9. The first kappa shape index (κ1) is 19.5. The van der Waals surface area contributed by atoms with Gasteiger partial charge < -0.3 is 4.90 Å². The highest BCUT2D eigenvalue weighted by atomic mass is 32.2. The molecule has 140 valence electrons. The Morgan fingerprint density at radius 3 is 2.69 bits per heavy atom. The Kier molecular flexibility index (Phi) is 6.10. The van der Waals surface area contributed by atoms with Gasteiger partial charge in [0.05, 0.1) is 23.8 Å². The van der Waals surface area contributed by atoms with Gasteiger partial charge in [-0.2, -0.15) is 0 Å². The van der Waals surface area contributed by atoms with Gasteiger partial charge in [0.1, 0.15) is 0 Å². The minimum absolute atomic E-state index is 0.00345. The van der Waals surface area contributed by atoms with Gasteiger partial charge in [0, 0.05) is 15.8 Å². The molecule has 4 nitrogen and oxygen atoms in total. The van der Waals surface area contributed by atoms with E-state index in [4.69, 9.17) is 0 Å². The molecule has 1 fully saturated rings. The molecule has 1 atom stereocenters. The van der Waals surface area contributed by atoms with Gasteiger partial charge in [-0.1, -0.05) is 12.1 Å².